The summed E-state index contributed by atoms with van der Waals surface area (Å²) in [6.07, 6.45) is 7.85. The monoisotopic (exact) mass is 390 g/mol. The van der Waals surface area contributed by atoms with Crippen molar-refractivity contribution in [2.75, 3.05) is 6.61 Å². The molecule has 1 fully saturated rings. The Bertz CT molecular complexity index is 658. The van der Waals surface area contributed by atoms with E-state index < -0.39 is 5.97 Å². The highest BCUT2D eigenvalue weighted by atomic mass is 16.5. The number of benzene rings is 1. The number of aliphatic hydroxyl groups excluding tert-OH is 2. The number of rotatable bonds is 10. The Morgan fingerprint density at radius 3 is 2.82 bits per heavy atom. The molecule has 0 aliphatic heterocycles. The molecule has 0 aromatic heterocycles. The fourth-order valence-corrected chi connectivity index (χ4v) is 5.24. The lowest BCUT2D eigenvalue weighted by Gasteiger charge is -2.32. The molecular formula is C23H34O5. The molecule has 28 heavy (non-hydrogen) atoms. The highest BCUT2D eigenvalue weighted by molar-refractivity contribution is 5.68. The van der Waals surface area contributed by atoms with Crippen LogP contribution < -0.4 is 4.74 Å². The number of ether oxygens (including phenoxy) is 1. The zero-order chi connectivity index (χ0) is 20.1. The Morgan fingerprint density at radius 2 is 2.07 bits per heavy atom. The zero-order valence-corrected chi connectivity index (χ0v) is 16.8. The molecule has 1 aromatic carbocycles. The van der Waals surface area contributed by atoms with Gasteiger partial charge in [0.25, 0.3) is 0 Å². The number of aliphatic carboxylic acids is 1. The number of hydrogen-bond donors (Lipinski definition) is 3. The molecule has 0 amide bonds. The minimum Gasteiger partial charge on any atom is -0.482 e. The lowest BCUT2D eigenvalue weighted by atomic mass is 9.73. The van der Waals surface area contributed by atoms with Crippen molar-refractivity contribution in [3.8, 4) is 5.75 Å². The lowest BCUT2D eigenvalue weighted by Crippen LogP contribution is -2.28. The number of unbranched alkanes of at least 4 members (excludes halogenated alkanes) is 2. The summed E-state index contributed by atoms with van der Waals surface area (Å²) >= 11 is 0. The molecule has 0 heterocycles. The average Bonchev–Trinajstić information content (AvgIpc) is 2.97. The van der Waals surface area contributed by atoms with Crippen LogP contribution in [0.4, 0.5) is 0 Å². The van der Waals surface area contributed by atoms with Crippen LogP contribution in [0.2, 0.25) is 0 Å². The van der Waals surface area contributed by atoms with E-state index in [2.05, 4.69) is 13.0 Å². The molecule has 5 nitrogen and oxygen atoms in total. The van der Waals surface area contributed by atoms with Gasteiger partial charge in [-0.1, -0.05) is 38.3 Å². The molecule has 0 spiro atoms. The second-order valence-corrected chi connectivity index (χ2v) is 8.60. The first-order chi connectivity index (χ1) is 13.5. The number of fused-ring (bicyclic) bond motifs is 2. The summed E-state index contributed by atoms with van der Waals surface area (Å²) < 4.78 is 5.50. The van der Waals surface area contributed by atoms with Crippen LogP contribution in [-0.4, -0.2) is 40.1 Å². The van der Waals surface area contributed by atoms with Crippen LogP contribution >= 0.6 is 0 Å². The molecule has 2 aliphatic rings. The summed E-state index contributed by atoms with van der Waals surface area (Å²) in [4.78, 5) is 10.8. The van der Waals surface area contributed by atoms with Gasteiger partial charge in [0.1, 0.15) is 5.75 Å². The molecule has 0 saturated heterocycles. The molecular weight excluding hydrogens is 356 g/mol. The summed E-state index contributed by atoms with van der Waals surface area (Å²) in [6.45, 7) is 1.84. The van der Waals surface area contributed by atoms with Crippen molar-refractivity contribution in [1.29, 1.82) is 0 Å². The number of carboxylic acids is 1. The predicted molar refractivity (Wildman–Crippen MR) is 107 cm³/mol. The number of aliphatic hydroxyl groups is 2. The average molecular weight is 391 g/mol. The second-order valence-electron chi connectivity index (χ2n) is 8.60. The highest BCUT2D eigenvalue weighted by Gasteiger charge is 2.44. The molecule has 3 unspecified atom stereocenters. The van der Waals surface area contributed by atoms with Crippen molar-refractivity contribution in [1.82, 2.24) is 0 Å². The van der Waals surface area contributed by atoms with Crippen LogP contribution in [0.15, 0.2) is 18.2 Å². The summed E-state index contributed by atoms with van der Waals surface area (Å²) in [5, 5.41) is 29.8. The van der Waals surface area contributed by atoms with Crippen molar-refractivity contribution in [2.45, 2.75) is 76.9 Å². The lowest BCUT2D eigenvalue weighted by molar-refractivity contribution is -0.139. The Labute approximate surface area is 167 Å². The maximum Gasteiger partial charge on any atom is 0.341 e. The van der Waals surface area contributed by atoms with Crippen LogP contribution in [0.25, 0.3) is 0 Å². The first-order valence-corrected chi connectivity index (χ1v) is 10.8. The molecule has 1 saturated carbocycles. The maximum absolute atomic E-state index is 10.8. The van der Waals surface area contributed by atoms with Gasteiger partial charge in [0.2, 0.25) is 0 Å². The smallest absolute Gasteiger partial charge is 0.341 e. The second kappa shape index (κ2) is 9.75. The summed E-state index contributed by atoms with van der Waals surface area (Å²) in [5.41, 5.74) is 2.32. The van der Waals surface area contributed by atoms with Gasteiger partial charge in [0, 0.05) is 0 Å². The minimum atomic E-state index is -0.972. The molecule has 3 N–H and O–H groups in total. The third-order valence-corrected chi connectivity index (χ3v) is 6.67. The highest BCUT2D eigenvalue weighted by Crippen LogP contribution is 2.48. The maximum atomic E-state index is 10.8. The molecule has 1 aromatic rings. The van der Waals surface area contributed by atoms with Crippen molar-refractivity contribution in [2.24, 2.45) is 17.8 Å². The summed E-state index contributed by atoms with van der Waals surface area (Å²) in [6, 6.07) is 5.87. The Balaban J connectivity index is 1.62. The van der Waals surface area contributed by atoms with Gasteiger partial charge in [-0.2, -0.15) is 0 Å². The normalized spacial score (nSPS) is 27.1. The first kappa shape index (κ1) is 21.1. The molecule has 3 rings (SSSR count). The van der Waals surface area contributed by atoms with Gasteiger partial charge in [0.15, 0.2) is 6.61 Å². The predicted octanol–water partition coefficient (Wildman–Crippen LogP) is 3.58. The van der Waals surface area contributed by atoms with Crippen molar-refractivity contribution in [3.05, 3.63) is 29.3 Å². The largest absolute Gasteiger partial charge is 0.482 e. The van der Waals surface area contributed by atoms with E-state index in [0.29, 0.717) is 17.6 Å². The fraction of sp³-hybridized carbons (Fsp3) is 0.696. The Morgan fingerprint density at radius 1 is 1.25 bits per heavy atom. The fourth-order valence-electron chi connectivity index (χ4n) is 5.24. The summed E-state index contributed by atoms with van der Waals surface area (Å²) in [5.74, 6) is 0.768. The van der Waals surface area contributed by atoms with Crippen LogP contribution in [0.1, 0.15) is 63.0 Å². The van der Waals surface area contributed by atoms with Gasteiger partial charge in [-0.3, -0.25) is 0 Å². The Kier molecular flexibility index (Phi) is 7.36. The van der Waals surface area contributed by atoms with Gasteiger partial charge >= 0.3 is 5.97 Å². The zero-order valence-electron chi connectivity index (χ0n) is 16.8. The van der Waals surface area contributed by atoms with E-state index in [1.54, 1.807) is 0 Å². The quantitative estimate of drug-likeness (QED) is 0.532. The minimum absolute atomic E-state index is 0.238. The van der Waals surface area contributed by atoms with Gasteiger partial charge in [-0.05, 0) is 73.5 Å². The molecule has 0 bridgehead atoms. The van der Waals surface area contributed by atoms with Crippen molar-refractivity contribution >= 4 is 5.97 Å². The molecule has 2 aliphatic carbocycles. The third-order valence-electron chi connectivity index (χ3n) is 6.67. The SMILES string of the molecule is CCCCCC(O)CCC1C(O)C[C@@H]2Cc3c(cccc3OCC(=O)O)C[C@@H]12. The van der Waals surface area contributed by atoms with Crippen LogP contribution in [0, 0.1) is 17.8 Å². The first-order valence-electron chi connectivity index (χ1n) is 10.8. The summed E-state index contributed by atoms with van der Waals surface area (Å²) in [7, 11) is 0. The van der Waals surface area contributed by atoms with Gasteiger partial charge in [0.05, 0.1) is 12.2 Å². The molecule has 5 heteroatoms. The number of hydrogen-bond acceptors (Lipinski definition) is 4. The standard InChI is InChI=1S/C23H34O5/c1-2-3-4-7-17(24)9-10-18-19-11-15-6-5-8-22(28-14-23(26)27)20(15)12-16(19)13-21(18)25/h5-6,8,16-19,21,24-25H,2-4,7,9-14H2,1H3,(H,26,27)/t16-,17?,18?,19+,21?/m0/s1. The van der Waals surface area contributed by atoms with Crippen molar-refractivity contribution < 1.29 is 24.9 Å². The van der Waals surface area contributed by atoms with Crippen LogP contribution in [0.3, 0.4) is 0 Å². The van der Waals surface area contributed by atoms with Crippen molar-refractivity contribution in [3.63, 3.8) is 0 Å². The van der Waals surface area contributed by atoms with Gasteiger partial charge in [-0.25, -0.2) is 4.79 Å². The van der Waals surface area contributed by atoms with Crippen LogP contribution in [0.5, 0.6) is 5.75 Å². The molecule has 0 radical (unpaired) electrons. The van der Waals surface area contributed by atoms with E-state index in [1.165, 1.54) is 5.56 Å². The number of carbonyl (C=O) groups is 1. The number of carboxylic acid groups (broad SMARTS) is 1. The van der Waals surface area contributed by atoms with Crippen LogP contribution in [-0.2, 0) is 17.6 Å². The molecule has 5 atom stereocenters. The topological polar surface area (TPSA) is 87.0 Å². The van der Waals surface area contributed by atoms with E-state index in [9.17, 15) is 15.0 Å². The van der Waals surface area contributed by atoms with Gasteiger partial charge in [-0.15, -0.1) is 0 Å². The van der Waals surface area contributed by atoms with E-state index in [1.807, 2.05) is 12.1 Å². The van der Waals surface area contributed by atoms with Gasteiger partial charge < -0.3 is 20.1 Å². The van der Waals surface area contributed by atoms with E-state index >= 15 is 0 Å². The van der Waals surface area contributed by atoms with E-state index in [4.69, 9.17) is 9.84 Å². The molecule has 156 valence electrons. The Hall–Kier alpha value is -1.59. The third kappa shape index (κ3) is 5.06. The van der Waals surface area contributed by atoms with E-state index in [0.717, 1.165) is 63.4 Å². The van der Waals surface area contributed by atoms with E-state index in [-0.39, 0.29) is 24.7 Å².